The van der Waals surface area contributed by atoms with Gasteiger partial charge in [0.05, 0.1) is 34.9 Å². The van der Waals surface area contributed by atoms with E-state index < -0.39 is 28.2 Å². The summed E-state index contributed by atoms with van der Waals surface area (Å²) >= 11 is 6.01. The van der Waals surface area contributed by atoms with Crippen LogP contribution in [0.2, 0.25) is 5.02 Å². The second-order valence-electron chi connectivity index (χ2n) is 6.55. The number of benzene rings is 3. The molecule has 168 valence electrons. The van der Waals surface area contributed by atoms with Crippen LogP contribution in [-0.2, 0) is 0 Å². The van der Waals surface area contributed by atoms with Crippen LogP contribution in [0.1, 0.15) is 26.3 Å². The van der Waals surface area contributed by atoms with Crippen molar-refractivity contribution in [3.63, 3.8) is 0 Å². The first-order valence-corrected chi connectivity index (χ1v) is 9.72. The van der Waals surface area contributed by atoms with E-state index in [1.807, 2.05) is 0 Å². The van der Waals surface area contributed by atoms with Crippen LogP contribution >= 0.6 is 11.6 Å². The van der Waals surface area contributed by atoms with E-state index in [4.69, 9.17) is 16.3 Å². The molecule has 0 aliphatic rings. The van der Waals surface area contributed by atoms with Gasteiger partial charge >= 0.3 is 5.69 Å². The quantitative estimate of drug-likeness (QED) is 0.272. The lowest BCUT2D eigenvalue weighted by Gasteiger charge is -2.07. The fourth-order valence-corrected chi connectivity index (χ4v) is 2.96. The maximum Gasteiger partial charge on any atom is 0.315 e. The summed E-state index contributed by atoms with van der Waals surface area (Å²) in [5.41, 5.74) is 2.69. The molecule has 0 aliphatic heterocycles. The standard InChI is InChI=1S/C22H17ClN4O6/c1-33-16-10-14(20(28)19(11-16)27(31)32)12-24-26-21(29)13-6-8-15(9-7-13)25-22(30)17-4-2-3-5-18(17)23/h2-12,28H,1H3,(H,25,30)(H,26,29). The molecule has 2 amide bonds. The number of carbonyl (C=O) groups is 2. The van der Waals surface area contributed by atoms with Crippen LogP contribution in [0, 0.1) is 10.1 Å². The molecule has 0 radical (unpaired) electrons. The fourth-order valence-electron chi connectivity index (χ4n) is 2.74. The lowest BCUT2D eigenvalue weighted by molar-refractivity contribution is -0.385. The second kappa shape index (κ2) is 10.2. The van der Waals surface area contributed by atoms with E-state index in [0.29, 0.717) is 16.3 Å². The zero-order chi connectivity index (χ0) is 24.0. The van der Waals surface area contributed by atoms with Crippen molar-refractivity contribution >= 4 is 41.0 Å². The van der Waals surface area contributed by atoms with Crippen molar-refractivity contribution in [3.8, 4) is 11.5 Å². The summed E-state index contributed by atoms with van der Waals surface area (Å²) in [7, 11) is 1.32. The Morgan fingerprint density at radius 3 is 2.45 bits per heavy atom. The van der Waals surface area contributed by atoms with E-state index in [2.05, 4.69) is 15.8 Å². The van der Waals surface area contributed by atoms with E-state index in [0.717, 1.165) is 12.3 Å². The van der Waals surface area contributed by atoms with Crippen molar-refractivity contribution in [2.24, 2.45) is 5.10 Å². The van der Waals surface area contributed by atoms with Crippen molar-refractivity contribution in [3.05, 3.63) is 92.5 Å². The largest absolute Gasteiger partial charge is 0.502 e. The number of ether oxygens (including phenoxy) is 1. The first-order valence-electron chi connectivity index (χ1n) is 9.35. The molecule has 3 N–H and O–H groups in total. The predicted octanol–water partition coefficient (Wildman–Crippen LogP) is 3.98. The molecule has 0 saturated carbocycles. The molecule has 0 unspecified atom stereocenters. The molecule has 0 atom stereocenters. The van der Waals surface area contributed by atoms with Crippen molar-refractivity contribution in [2.45, 2.75) is 0 Å². The molecule has 0 spiro atoms. The number of hydrazone groups is 1. The summed E-state index contributed by atoms with van der Waals surface area (Å²) in [4.78, 5) is 34.9. The summed E-state index contributed by atoms with van der Waals surface area (Å²) in [6.45, 7) is 0. The Balaban J connectivity index is 1.66. The number of phenolic OH excluding ortho intramolecular Hbond substituents is 1. The van der Waals surface area contributed by atoms with Gasteiger partial charge in [-0.1, -0.05) is 23.7 Å². The smallest absolute Gasteiger partial charge is 0.315 e. The van der Waals surface area contributed by atoms with Crippen molar-refractivity contribution in [2.75, 3.05) is 12.4 Å². The van der Waals surface area contributed by atoms with Crippen molar-refractivity contribution in [1.29, 1.82) is 0 Å². The topological polar surface area (TPSA) is 143 Å². The van der Waals surface area contributed by atoms with Crippen molar-refractivity contribution in [1.82, 2.24) is 5.43 Å². The molecule has 0 aromatic heterocycles. The normalized spacial score (nSPS) is 10.6. The highest BCUT2D eigenvalue weighted by Crippen LogP contribution is 2.33. The third-order valence-electron chi connectivity index (χ3n) is 4.42. The number of aromatic hydroxyl groups is 1. The van der Waals surface area contributed by atoms with Gasteiger partial charge in [-0.05, 0) is 42.5 Å². The molecule has 0 saturated heterocycles. The number of nitro benzene ring substituents is 1. The van der Waals surface area contributed by atoms with E-state index in [1.165, 1.54) is 37.4 Å². The van der Waals surface area contributed by atoms with E-state index in [1.54, 1.807) is 24.3 Å². The average Bonchev–Trinajstić information content (AvgIpc) is 2.80. The summed E-state index contributed by atoms with van der Waals surface area (Å²) in [6.07, 6.45) is 1.06. The first kappa shape index (κ1) is 23.2. The third kappa shape index (κ3) is 5.63. The number of nitrogens with zero attached hydrogens (tertiary/aromatic N) is 2. The Morgan fingerprint density at radius 1 is 1.12 bits per heavy atom. The van der Waals surface area contributed by atoms with Gasteiger partial charge < -0.3 is 15.2 Å². The molecule has 0 fully saturated rings. The number of carbonyl (C=O) groups excluding carboxylic acids is 2. The minimum absolute atomic E-state index is 0.0148. The monoisotopic (exact) mass is 468 g/mol. The van der Waals surface area contributed by atoms with Gasteiger partial charge in [-0.3, -0.25) is 19.7 Å². The molecule has 10 nitrogen and oxygen atoms in total. The molecule has 3 aromatic rings. The minimum Gasteiger partial charge on any atom is -0.502 e. The van der Waals surface area contributed by atoms with E-state index >= 15 is 0 Å². The molecule has 3 aromatic carbocycles. The Bertz CT molecular complexity index is 1240. The third-order valence-corrected chi connectivity index (χ3v) is 4.75. The Kier molecular flexibility index (Phi) is 7.21. The number of methoxy groups -OCH3 is 1. The van der Waals surface area contributed by atoms with Crippen LogP contribution < -0.4 is 15.5 Å². The lowest BCUT2D eigenvalue weighted by atomic mass is 10.1. The van der Waals surface area contributed by atoms with Gasteiger partial charge in [-0.2, -0.15) is 5.10 Å². The zero-order valence-corrected chi connectivity index (χ0v) is 17.9. The Morgan fingerprint density at radius 2 is 1.82 bits per heavy atom. The van der Waals surface area contributed by atoms with Gasteiger partial charge in [0.15, 0.2) is 0 Å². The predicted molar refractivity (Wildman–Crippen MR) is 122 cm³/mol. The molecule has 0 heterocycles. The maximum atomic E-state index is 12.3. The van der Waals surface area contributed by atoms with Crippen LogP contribution in [0.15, 0.2) is 65.8 Å². The first-order chi connectivity index (χ1) is 15.8. The van der Waals surface area contributed by atoms with Gasteiger partial charge in [0, 0.05) is 16.8 Å². The molecular weight excluding hydrogens is 452 g/mol. The average molecular weight is 469 g/mol. The molecular formula is C22H17ClN4O6. The Labute approximate surface area is 192 Å². The number of nitro groups is 1. The number of halogens is 1. The SMILES string of the molecule is COc1cc(C=NNC(=O)c2ccc(NC(=O)c3ccccc3Cl)cc2)c(O)c([N+](=O)[O-])c1. The van der Waals surface area contributed by atoms with Crippen molar-refractivity contribution < 1.29 is 24.4 Å². The van der Waals surface area contributed by atoms with Gasteiger partial charge in [-0.25, -0.2) is 5.43 Å². The Hall–Kier alpha value is -4.44. The minimum atomic E-state index is -0.764. The highest BCUT2D eigenvalue weighted by Gasteiger charge is 2.19. The van der Waals surface area contributed by atoms with Crippen LogP contribution in [0.25, 0.3) is 0 Å². The lowest BCUT2D eigenvalue weighted by Crippen LogP contribution is -2.18. The van der Waals surface area contributed by atoms with Crippen LogP contribution in [-0.4, -0.2) is 35.2 Å². The summed E-state index contributed by atoms with van der Waals surface area (Å²) in [6, 6.07) is 15.0. The summed E-state index contributed by atoms with van der Waals surface area (Å²) in [5.74, 6) is -1.44. The molecule has 0 aliphatic carbocycles. The van der Waals surface area contributed by atoms with E-state index in [-0.39, 0.29) is 16.9 Å². The number of amides is 2. The zero-order valence-electron chi connectivity index (χ0n) is 17.1. The second-order valence-corrected chi connectivity index (χ2v) is 6.96. The number of rotatable bonds is 7. The van der Waals surface area contributed by atoms with Gasteiger partial charge in [0.1, 0.15) is 5.75 Å². The molecule has 0 bridgehead atoms. The van der Waals surface area contributed by atoms with Gasteiger partial charge in [0.2, 0.25) is 5.75 Å². The molecule has 3 rings (SSSR count). The highest BCUT2D eigenvalue weighted by molar-refractivity contribution is 6.34. The van der Waals surface area contributed by atoms with Crippen LogP contribution in [0.4, 0.5) is 11.4 Å². The fraction of sp³-hybridized carbons (Fsp3) is 0.0455. The molecule has 33 heavy (non-hydrogen) atoms. The number of hydrogen-bond donors (Lipinski definition) is 3. The van der Waals surface area contributed by atoms with Gasteiger partial charge in [0.25, 0.3) is 11.8 Å². The van der Waals surface area contributed by atoms with Crippen LogP contribution in [0.5, 0.6) is 11.5 Å². The number of hydrogen-bond acceptors (Lipinski definition) is 7. The number of phenols is 1. The van der Waals surface area contributed by atoms with Crippen LogP contribution in [0.3, 0.4) is 0 Å². The maximum absolute atomic E-state index is 12.3. The molecule has 11 heteroatoms. The summed E-state index contributed by atoms with van der Waals surface area (Å²) in [5, 5.41) is 27.8. The number of anilines is 1. The van der Waals surface area contributed by atoms with E-state index in [9.17, 15) is 24.8 Å². The summed E-state index contributed by atoms with van der Waals surface area (Å²) < 4.78 is 4.97. The number of nitrogens with one attached hydrogen (secondary N) is 2. The van der Waals surface area contributed by atoms with Gasteiger partial charge in [-0.15, -0.1) is 0 Å². The highest BCUT2D eigenvalue weighted by atomic mass is 35.5.